The summed E-state index contributed by atoms with van der Waals surface area (Å²) in [5.41, 5.74) is 2.44. The Kier molecular flexibility index (Phi) is 3.92. The van der Waals surface area contributed by atoms with Crippen molar-refractivity contribution in [2.45, 2.75) is 5.03 Å². The lowest BCUT2D eigenvalue weighted by molar-refractivity contribution is 0.591. The van der Waals surface area contributed by atoms with Gasteiger partial charge < -0.3 is 4.57 Å². The number of hydrogen-bond donors (Lipinski definition) is 0. The molecule has 0 aliphatic rings. The predicted molar refractivity (Wildman–Crippen MR) is 90.7 cm³/mol. The molecular weight excluding hydrogens is 310 g/mol. The van der Waals surface area contributed by atoms with Crippen molar-refractivity contribution in [3.8, 4) is 11.1 Å². The summed E-state index contributed by atoms with van der Waals surface area (Å²) in [7, 11) is -0.413. The highest BCUT2D eigenvalue weighted by molar-refractivity contribution is 7.92. The summed E-state index contributed by atoms with van der Waals surface area (Å²) in [6, 6.07) is 17.1. The van der Waals surface area contributed by atoms with E-state index in [-0.39, 0.29) is 5.03 Å². The monoisotopic (exact) mass is 327 g/mol. The Balaban J connectivity index is 2.09. The average molecular weight is 327 g/mol. The van der Waals surface area contributed by atoms with Crippen LogP contribution in [0.5, 0.6) is 0 Å². The van der Waals surface area contributed by atoms with Crippen molar-refractivity contribution in [1.82, 2.24) is 9.55 Å². The van der Waals surface area contributed by atoms with Crippen molar-refractivity contribution < 1.29 is 8.42 Å². The molecule has 0 amide bonds. The van der Waals surface area contributed by atoms with Gasteiger partial charge in [-0.15, -0.1) is 0 Å². The summed E-state index contributed by atoms with van der Waals surface area (Å²) >= 11 is 0. The van der Waals surface area contributed by atoms with Crippen molar-refractivity contribution in [3.05, 3.63) is 67.1 Å². The van der Waals surface area contributed by atoms with Crippen molar-refractivity contribution in [2.75, 3.05) is 11.4 Å². The highest BCUT2D eigenvalue weighted by Crippen LogP contribution is 2.32. The molecule has 5 nitrogen and oxygen atoms in total. The lowest BCUT2D eigenvalue weighted by atomic mass is 10.0. The predicted octanol–water partition coefficient (Wildman–Crippen LogP) is 2.91. The number of rotatable bonds is 4. The van der Waals surface area contributed by atoms with E-state index in [2.05, 4.69) is 4.98 Å². The van der Waals surface area contributed by atoms with Gasteiger partial charge in [0.25, 0.3) is 10.0 Å². The normalized spacial score (nSPS) is 11.4. The van der Waals surface area contributed by atoms with Gasteiger partial charge >= 0.3 is 0 Å². The van der Waals surface area contributed by atoms with Crippen molar-refractivity contribution in [3.63, 3.8) is 0 Å². The van der Waals surface area contributed by atoms with Crippen LogP contribution < -0.4 is 4.31 Å². The van der Waals surface area contributed by atoms with E-state index in [4.69, 9.17) is 0 Å². The molecule has 0 N–H and O–H groups in total. The fourth-order valence-electron chi connectivity index (χ4n) is 2.40. The number of anilines is 1. The summed E-state index contributed by atoms with van der Waals surface area (Å²) in [6.45, 7) is 0. The first-order valence-electron chi connectivity index (χ1n) is 7.11. The molecule has 3 aromatic rings. The van der Waals surface area contributed by atoms with Gasteiger partial charge in [-0.3, -0.25) is 4.31 Å². The molecular formula is C17H17N3O2S. The van der Waals surface area contributed by atoms with Gasteiger partial charge in [-0.05, 0) is 11.6 Å². The topological polar surface area (TPSA) is 55.2 Å². The Morgan fingerprint density at radius 2 is 1.65 bits per heavy atom. The van der Waals surface area contributed by atoms with Gasteiger partial charge in [-0.2, -0.15) is 8.42 Å². The molecule has 118 valence electrons. The minimum Gasteiger partial charge on any atom is -0.339 e. The number of nitrogens with zero attached hydrogens (tertiary/aromatic N) is 3. The Hall–Kier alpha value is -2.60. The zero-order valence-electron chi connectivity index (χ0n) is 12.9. The Morgan fingerprint density at radius 3 is 2.30 bits per heavy atom. The Labute approximate surface area is 135 Å². The molecule has 0 aliphatic carbocycles. The molecule has 23 heavy (non-hydrogen) atoms. The molecule has 1 aromatic heterocycles. The number of imidazole rings is 1. The van der Waals surface area contributed by atoms with E-state index in [1.165, 1.54) is 16.8 Å². The number of hydrogen-bond acceptors (Lipinski definition) is 3. The fraction of sp³-hybridized carbons (Fsp3) is 0.118. The number of benzene rings is 2. The van der Waals surface area contributed by atoms with Gasteiger partial charge in [-0.25, -0.2) is 4.98 Å². The highest BCUT2D eigenvalue weighted by atomic mass is 32.2. The maximum atomic E-state index is 12.8. The average Bonchev–Trinajstić information content (AvgIpc) is 3.02. The molecule has 0 unspecified atom stereocenters. The number of para-hydroxylation sites is 1. The summed E-state index contributed by atoms with van der Waals surface area (Å²) in [4.78, 5) is 3.97. The third-order valence-corrected chi connectivity index (χ3v) is 5.29. The van der Waals surface area contributed by atoms with E-state index < -0.39 is 10.0 Å². The first kappa shape index (κ1) is 15.3. The van der Waals surface area contributed by atoms with Gasteiger partial charge in [0, 0.05) is 25.9 Å². The largest absolute Gasteiger partial charge is 0.339 e. The van der Waals surface area contributed by atoms with Gasteiger partial charge in [0.1, 0.15) is 0 Å². The molecule has 0 atom stereocenters. The number of sulfonamides is 1. The van der Waals surface area contributed by atoms with Gasteiger partial charge in [0.2, 0.25) is 0 Å². The van der Waals surface area contributed by atoms with Gasteiger partial charge in [0.05, 0.1) is 12.0 Å². The molecule has 0 bridgehead atoms. The summed E-state index contributed by atoms with van der Waals surface area (Å²) < 4.78 is 28.4. The van der Waals surface area contributed by atoms with Gasteiger partial charge in [-0.1, -0.05) is 48.5 Å². The molecule has 0 fully saturated rings. The van der Waals surface area contributed by atoms with Crippen LogP contribution in [0, 0.1) is 0 Å². The van der Waals surface area contributed by atoms with Gasteiger partial charge in [0.15, 0.2) is 5.03 Å². The van der Waals surface area contributed by atoms with Crippen LogP contribution in [0.1, 0.15) is 0 Å². The van der Waals surface area contributed by atoms with Crippen LogP contribution in [0.25, 0.3) is 11.1 Å². The third-order valence-electron chi connectivity index (χ3n) is 3.63. The molecule has 2 aromatic carbocycles. The lowest BCUT2D eigenvalue weighted by Crippen LogP contribution is -2.27. The second kappa shape index (κ2) is 5.89. The SMILES string of the molecule is CN(c1ccccc1-c1ccccc1)S(=O)(=O)c1cn(C)cn1. The van der Waals surface area contributed by atoms with E-state index in [0.717, 1.165) is 11.1 Å². The number of aryl methyl sites for hydroxylation is 1. The Bertz CT molecular complexity index is 918. The van der Waals surface area contributed by atoms with Crippen LogP contribution in [0.2, 0.25) is 0 Å². The molecule has 0 saturated carbocycles. The van der Waals surface area contributed by atoms with Crippen molar-refractivity contribution in [1.29, 1.82) is 0 Å². The maximum absolute atomic E-state index is 12.8. The van der Waals surface area contributed by atoms with Crippen LogP contribution in [0.3, 0.4) is 0 Å². The first-order valence-corrected chi connectivity index (χ1v) is 8.55. The minimum atomic E-state index is -3.70. The summed E-state index contributed by atoms with van der Waals surface area (Å²) in [6.07, 6.45) is 2.97. The highest BCUT2D eigenvalue weighted by Gasteiger charge is 2.25. The van der Waals surface area contributed by atoms with Crippen LogP contribution in [-0.4, -0.2) is 25.0 Å². The zero-order valence-corrected chi connectivity index (χ0v) is 13.7. The van der Waals surface area contributed by atoms with E-state index in [1.54, 1.807) is 24.7 Å². The van der Waals surface area contributed by atoms with Crippen LogP contribution >= 0.6 is 0 Å². The van der Waals surface area contributed by atoms with Crippen molar-refractivity contribution in [2.24, 2.45) is 7.05 Å². The summed E-state index contributed by atoms with van der Waals surface area (Å²) in [5, 5.41) is 0.0327. The minimum absolute atomic E-state index is 0.0327. The third kappa shape index (κ3) is 2.85. The standard InChI is InChI=1S/C17H17N3O2S/c1-19-12-17(18-13-19)23(21,22)20(2)16-11-7-6-10-15(16)14-8-4-3-5-9-14/h3-13H,1-2H3. The fourth-order valence-corrected chi connectivity index (χ4v) is 3.58. The molecule has 3 rings (SSSR count). The Morgan fingerprint density at radius 1 is 1.00 bits per heavy atom. The second-order valence-electron chi connectivity index (χ2n) is 5.23. The smallest absolute Gasteiger partial charge is 0.283 e. The molecule has 0 radical (unpaired) electrons. The van der Waals surface area contributed by atoms with E-state index in [1.807, 2.05) is 48.5 Å². The molecule has 0 saturated heterocycles. The van der Waals surface area contributed by atoms with E-state index in [9.17, 15) is 8.42 Å². The van der Waals surface area contributed by atoms with E-state index in [0.29, 0.717) is 5.69 Å². The lowest BCUT2D eigenvalue weighted by Gasteiger charge is -2.21. The zero-order chi connectivity index (χ0) is 16.4. The van der Waals surface area contributed by atoms with Crippen LogP contribution in [-0.2, 0) is 17.1 Å². The molecule has 6 heteroatoms. The number of aromatic nitrogens is 2. The molecule has 1 heterocycles. The quantitative estimate of drug-likeness (QED) is 0.740. The van der Waals surface area contributed by atoms with Crippen molar-refractivity contribution >= 4 is 15.7 Å². The first-order chi connectivity index (χ1) is 11.0. The molecule has 0 aliphatic heterocycles. The summed E-state index contributed by atoms with van der Waals surface area (Å²) in [5.74, 6) is 0. The second-order valence-corrected chi connectivity index (χ2v) is 7.15. The van der Waals surface area contributed by atoms with E-state index >= 15 is 0 Å². The van der Waals surface area contributed by atoms with Crippen LogP contribution in [0.4, 0.5) is 5.69 Å². The van der Waals surface area contributed by atoms with Crippen LogP contribution in [0.15, 0.2) is 72.1 Å². The molecule has 0 spiro atoms. The maximum Gasteiger partial charge on any atom is 0.283 e.